The first-order chi connectivity index (χ1) is 11.1. The van der Waals surface area contributed by atoms with Crippen molar-refractivity contribution in [2.24, 2.45) is 5.73 Å². The standard InChI is InChI=1S/C16H15ClN4OS/c1-9(19)5-13-11(7-18)15-16(23-13)12(6-14(17)21-15)20-8-10-3-2-4-22-10/h2-4,6,9H,5,8,19H2,1H3,(H,20,21)/t9-/m0/s1. The molecule has 3 rings (SSSR count). The monoisotopic (exact) mass is 346 g/mol. The molecule has 0 aliphatic heterocycles. The molecule has 3 heterocycles. The third-order valence-corrected chi connectivity index (χ3v) is 4.76. The smallest absolute Gasteiger partial charge is 0.131 e. The van der Waals surface area contributed by atoms with E-state index in [2.05, 4.69) is 16.4 Å². The van der Waals surface area contributed by atoms with Gasteiger partial charge < -0.3 is 15.5 Å². The van der Waals surface area contributed by atoms with E-state index in [0.717, 1.165) is 21.0 Å². The zero-order chi connectivity index (χ0) is 16.4. The van der Waals surface area contributed by atoms with Crippen molar-refractivity contribution in [1.82, 2.24) is 4.98 Å². The summed E-state index contributed by atoms with van der Waals surface area (Å²) in [6.07, 6.45) is 2.27. The van der Waals surface area contributed by atoms with Gasteiger partial charge in [0.2, 0.25) is 0 Å². The molecule has 0 unspecified atom stereocenters. The first kappa shape index (κ1) is 15.8. The number of nitriles is 1. The Hall–Kier alpha value is -2.07. The number of hydrogen-bond donors (Lipinski definition) is 2. The van der Waals surface area contributed by atoms with Gasteiger partial charge in [-0.25, -0.2) is 4.98 Å². The number of anilines is 1. The molecule has 0 saturated heterocycles. The summed E-state index contributed by atoms with van der Waals surface area (Å²) in [4.78, 5) is 5.27. The molecule has 0 saturated carbocycles. The summed E-state index contributed by atoms with van der Waals surface area (Å²) in [7, 11) is 0. The van der Waals surface area contributed by atoms with Gasteiger partial charge in [0.25, 0.3) is 0 Å². The highest BCUT2D eigenvalue weighted by Crippen LogP contribution is 2.37. The van der Waals surface area contributed by atoms with Crippen LogP contribution < -0.4 is 11.1 Å². The van der Waals surface area contributed by atoms with Crippen molar-refractivity contribution in [1.29, 1.82) is 5.26 Å². The van der Waals surface area contributed by atoms with Crippen molar-refractivity contribution < 1.29 is 4.42 Å². The molecule has 0 fully saturated rings. The number of fused-ring (bicyclic) bond motifs is 1. The van der Waals surface area contributed by atoms with Crippen LogP contribution in [0.3, 0.4) is 0 Å². The molecule has 23 heavy (non-hydrogen) atoms. The van der Waals surface area contributed by atoms with Crippen molar-refractivity contribution in [2.45, 2.75) is 25.9 Å². The molecule has 0 spiro atoms. The number of rotatable bonds is 5. The lowest BCUT2D eigenvalue weighted by atomic mass is 10.1. The van der Waals surface area contributed by atoms with E-state index in [9.17, 15) is 5.26 Å². The van der Waals surface area contributed by atoms with Gasteiger partial charge >= 0.3 is 0 Å². The highest BCUT2D eigenvalue weighted by molar-refractivity contribution is 7.20. The quantitative estimate of drug-likeness (QED) is 0.684. The minimum atomic E-state index is -0.0230. The summed E-state index contributed by atoms with van der Waals surface area (Å²) in [6, 6.07) is 7.71. The summed E-state index contributed by atoms with van der Waals surface area (Å²) in [5, 5.41) is 13.1. The summed E-state index contributed by atoms with van der Waals surface area (Å²) >= 11 is 7.66. The van der Waals surface area contributed by atoms with Crippen molar-refractivity contribution in [2.75, 3.05) is 5.32 Å². The summed E-state index contributed by atoms with van der Waals surface area (Å²) in [5.41, 5.74) is 7.91. The molecule has 3 aromatic heterocycles. The number of furan rings is 1. The van der Waals surface area contributed by atoms with E-state index in [1.54, 1.807) is 12.3 Å². The van der Waals surface area contributed by atoms with Crippen LogP contribution in [0.15, 0.2) is 28.9 Å². The van der Waals surface area contributed by atoms with Gasteiger partial charge in [-0.15, -0.1) is 11.3 Å². The Balaban J connectivity index is 2.03. The number of nitrogens with two attached hydrogens (primary N) is 1. The second-order valence-electron chi connectivity index (χ2n) is 5.30. The fourth-order valence-electron chi connectivity index (χ4n) is 2.36. The van der Waals surface area contributed by atoms with Crippen LogP contribution in [0.5, 0.6) is 0 Å². The molecule has 0 aromatic carbocycles. The Labute approximate surface area is 142 Å². The van der Waals surface area contributed by atoms with Crippen LogP contribution in [0.1, 0.15) is 23.1 Å². The number of nitrogens with one attached hydrogen (secondary N) is 1. The fraction of sp³-hybridized carbons (Fsp3) is 0.250. The van der Waals surface area contributed by atoms with E-state index >= 15 is 0 Å². The largest absolute Gasteiger partial charge is 0.467 e. The molecular formula is C16H15ClN4OS. The third-order valence-electron chi connectivity index (χ3n) is 3.34. The maximum atomic E-state index is 9.48. The number of hydrogen-bond acceptors (Lipinski definition) is 6. The van der Waals surface area contributed by atoms with Crippen LogP contribution in [-0.4, -0.2) is 11.0 Å². The van der Waals surface area contributed by atoms with Crippen LogP contribution in [0.2, 0.25) is 5.15 Å². The lowest BCUT2D eigenvalue weighted by molar-refractivity contribution is 0.518. The Bertz CT molecular complexity index is 864. The van der Waals surface area contributed by atoms with E-state index in [1.807, 2.05) is 19.1 Å². The summed E-state index contributed by atoms with van der Waals surface area (Å²) in [5.74, 6) is 0.818. The van der Waals surface area contributed by atoms with Gasteiger partial charge in [0.1, 0.15) is 22.5 Å². The van der Waals surface area contributed by atoms with Gasteiger partial charge in [0.15, 0.2) is 0 Å². The van der Waals surface area contributed by atoms with Gasteiger partial charge in [0, 0.05) is 17.0 Å². The Kier molecular flexibility index (Phi) is 4.53. The molecule has 0 bridgehead atoms. The predicted molar refractivity (Wildman–Crippen MR) is 92.7 cm³/mol. The molecule has 0 amide bonds. The van der Waals surface area contributed by atoms with Gasteiger partial charge in [-0.3, -0.25) is 0 Å². The average Bonchev–Trinajstić information content (AvgIpc) is 3.11. The normalized spacial score (nSPS) is 12.3. The maximum absolute atomic E-state index is 9.48. The minimum absolute atomic E-state index is 0.0230. The first-order valence-electron chi connectivity index (χ1n) is 7.12. The summed E-state index contributed by atoms with van der Waals surface area (Å²) in [6.45, 7) is 2.45. The van der Waals surface area contributed by atoms with E-state index in [-0.39, 0.29) is 6.04 Å². The maximum Gasteiger partial charge on any atom is 0.131 e. The van der Waals surface area contributed by atoms with Gasteiger partial charge in [-0.2, -0.15) is 5.26 Å². The zero-order valence-corrected chi connectivity index (χ0v) is 14.0. The van der Waals surface area contributed by atoms with Crippen LogP contribution >= 0.6 is 22.9 Å². The highest BCUT2D eigenvalue weighted by Gasteiger charge is 2.18. The first-order valence-corrected chi connectivity index (χ1v) is 8.31. The van der Waals surface area contributed by atoms with E-state index < -0.39 is 0 Å². The van der Waals surface area contributed by atoms with Gasteiger partial charge in [0.05, 0.1) is 28.8 Å². The van der Waals surface area contributed by atoms with Crippen LogP contribution in [-0.2, 0) is 13.0 Å². The Morgan fingerprint density at radius 2 is 2.39 bits per heavy atom. The molecule has 118 valence electrons. The van der Waals surface area contributed by atoms with E-state index in [1.165, 1.54) is 11.3 Å². The topological polar surface area (TPSA) is 87.9 Å². The van der Waals surface area contributed by atoms with Gasteiger partial charge in [-0.05, 0) is 25.5 Å². The van der Waals surface area contributed by atoms with Crippen molar-refractivity contribution in [3.05, 3.63) is 45.8 Å². The second-order valence-corrected chi connectivity index (χ2v) is 6.79. The Morgan fingerprint density at radius 3 is 3.04 bits per heavy atom. The molecule has 7 heteroatoms. The van der Waals surface area contributed by atoms with E-state index in [4.69, 9.17) is 21.8 Å². The fourth-order valence-corrected chi connectivity index (χ4v) is 3.88. The molecular weight excluding hydrogens is 332 g/mol. The summed E-state index contributed by atoms with van der Waals surface area (Å²) < 4.78 is 6.23. The number of aromatic nitrogens is 1. The molecule has 3 N–H and O–H groups in total. The highest BCUT2D eigenvalue weighted by atomic mass is 35.5. The van der Waals surface area contributed by atoms with E-state index in [0.29, 0.717) is 29.2 Å². The molecule has 0 radical (unpaired) electrons. The molecule has 5 nitrogen and oxygen atoms in total. The number of thiophene rings is 1. The zero-order valence-electron chi connectivity index (χ0n) is 12.5. The average molecular weight is 347 g/mol. The van der Waals surface area contributed by atoms with Crippen LogP contribution in [0, 0.1) is 11.3 Å². The van der Waals surface area contributed by atoms with Crippen molar-refractivity contribution in [3.63, 3.8) is 0 Å². The van der Waals surface area contributed by atoms with Crippen LogP contribution in [0.4, 0.5) is 5.69 Å². The molecule has 3 aromatic rings. The molecule has 1 atom stereocenters. The SMILES string of the molecule is C[C@H](N)Cc1sc2c(NCc3ccco3)cc(Cl)nc2c1C#N. The lowest BCUT2D eigenvalue weighted by Crippen LogP contribution is -2.17. The van der Waals surface area contributed by atoms with Crippen LogP contribution in [0.25, 0.3) is 10.2 Å². The minimum Gasteiger partial charge on any atom is -0.467 e. The second kappa shape index (κ2) is 6.59. The predicted octanol–water partition coefficient (Wildman–Crippen LogP) is 3.92. The van der Waals surface area contributed by atoms with Crippen molar-refractivity contribution in [3.8, 4) is 6.07 Å². The lowest BCUT2D eigenvalue weighted by Gasteiger charge is -2.06. The third kappa shape index (κ3) is 3.32. The Morgan fingerprint density at radius 1 is 1.57 bits per heavy atom. The molecule has 0 aliphatic carbocycles. The molecule has 0 aliphatic rings. The number of pyridine rings is 1. The van der Waals surface area contributed by atoms with Gasteiger partial charge in [-0.1, -0.05) is 11.6 Å². The number of nitrogens with zero attached hydrogens (tertiary/aromatic N) is 2. The van der Waals surface area contributed by atoms with Crippen molar-refractivity contribution >= 4 is 38.8 Å². The number of halogens is 1.